The number of aromatic nitrogens is 1. The molecule has 1 aromatic rings. The Labute approximate surface area is 108 Å². The van der Waals surface area contributed by atoms with Gasteiger partial charge in [-0.15, -0.1) is 0 Å². The molecule has 1 aliphatic carbocycles. The first-order valence-electron chi connectivity index (χ1n) is 6.71. The lowest BCUT2D eigenvalue weighted by Gasteiger charge is -2.14. The van der Waals surface area contributed by atoms with E-state index in [0.717, 1.165) is 12.8 Å². The van der Waals surface area contributed by atoms with Crippen LogP contribution in [0.3, 0.4) is 0 Å². The summed E-state index contributed by atoms with van der Waals surface area (Å²) in [6.45, 7) is 4.80. The second-order valence-corrected chi connectivity index (χ2v) is 5.27. The third-order valence-corrected chi connectivity index (χ3v) is 3.01. The molecule has 2 N–H and O–H groups in total. The first kappa shape index (κ1) is 13.0. The van der Waals surface area contributed by atoms with Crippen LogP contribution in [0.2, 0.25) is 0 Å². The average Bonchev–Trinajstić information content (AvgIpc) is 2.82. The lowest BCUT2D eigenvalue weighted by molar-refractivity contribution is 0.196. The highest BCUT2D eigenvalue weighted by Crippen LogP contribution is 2.27. The average molecular weight is 250 g/mol. The van der Waals surface area contributed by atoms with Crippen molar-refractivity contribution >= 4 is 5.69 Å². The number of ether oxygens (including phenoxy) is 2. The third kappa shape index (κ3) is 3.52. The molecule has 0 aliphatic heterocycles. The molecule has 0 atom stereocenters. The van der Waals surface area contributed by atoms with Crippen LogP contribution < -0.4 is 15.2 Å². The molecule has 1 aromatic heterocycles. The van der Waals surface area contributed by atoms with Crippen molar-refractivity contribution < 1.29 is 9.47 Å². The van der Waals surface area contributed by atoms with Crippen LogP contribution >= 0.6 is 0 Å². The third-order valence-electron chi connectivity index (χ3n) is 3.01. The lowest BCUT2D eigenvalue weighted by atomic mass is 10.2. The highest BCUT2D eigenvalue weighted by molar-refractivity contribution is 5.49. The number of anilines is 1. The first-order valence-corrected chi connectivity index (χ1v) is 6.71. The normalized spacial score (nSPS) is 16.2. The molecule has 0 amide bonds. The fourth-order valence-electron chi connectivity index (χ4n) is 2.04. The molecule has 4 heteroatoms. The van der Waals surface area contributed by atoms with Gasteiger partial charge in [0.25, 0.3) is 0 Å². The molecule has 1 heterocycles. The molecule has 1 aliphatic rings. The Balaban J connectivity index is 2.00. The number of hydrogen-bond donors (Lipinski definition) is 1. The van der Waals surface area contributed by atoms with Gasteiger partial charge >= 0.3 is 0 Å². The fraction of sp³-hybridized carbons (Fsp3) is 0.643. The molecule has 4 nitrogen and oxygen atoms in total. The van der Waals surface area contributed by atoms with E-state index in [-0.39, 0.29) is 0 Å². The molecule has 2 rings (SSSR count). The second kappa shape index (κ2) is 5.94. The Hall–Kier alpha value is -1.45. The zero-order valence-electron chi connectivity index (χ0n) is 11.2. The quantitative estimate of drug-likeness (QED) is 0.872. The molecular formula is C14H22N2O2. The zero-order chi connectivity index (χ0) is 13.0. The van der Waals surface area contributed by atoms with Gasteiger partial charge in [-0.25, -0.2) is 0 Å². The Morgan fingerprint density at radius 2 is 2.06 bits per heavy atom. The predicted octanol–water partition coefficient (Wildman–Crippen LogP) is 3.02. The molecule has 0 saturated heterocycles. The van der Waals surface area contributed by atoms with E-state index in [2.05, 4.69) is 18.8 Å². The van der Waals surface area contributed by atoms with Crippen molar-refractivity contribution in [2.75, 3.05) is 12.3 Å². The monoisotopic (exact) mass is 250 g/mol. The van der Waals surface area contributed by atoms with Crippen LogP contribution in [-0.2, 0) is 0 Å². The first-order chi connectivity index (χ1) is 8.65. The van der Waals surface area contributed by atoms with Crippen molar-refractivity contribution in [1.82, 2.24) is 4.98 Å². The number of pyridine rings is 1. The Kier molecular flexibility index (Phi) is 4.28. The highest BCUT2D eigenvalue weighted by atomic mass is 16.5. The number of hydrogen-bond acceptors (Lipinski definition) is 4. The number of nitrogens with two attached hydrogens (primary N) is 1. The van der Waals surface area contributed by atoms with Crippen LogP contribution in [0.1, 0.15) is 39.5 Å². The van der Waals surface area contributed by atoms with Gasteiger partial charge in [-0.1, -0.05) is 13.8 Å². The van der Waals surface area contributed by atoms with E-state index in [0.29, 0.717) is 36.1 Å². The van der Waals surface area contributed by atoms with E-state index in [1.165, 1.54) is 12.8 Å². The van der Waals surface area contributed by atoms with Gasteiger partial charge in [-0.2, -0.15) is 4.98 Å². The van der Waals surface area contributed by atoms with Gasteiger partial charge in [0.15, 0.2) is 0 Å². The largest absolute Gasteiger partial charge is 0.476 e. The zero-order valence-corrected chi connectivity index (χ0v) is 11.2. The van der Waals surface area contributed by atoms with Gasteiger partial charge in [0.1, 0.15) is 6.10 Å². The maximum absolute atomic E-state index is 5.84. The van der Waals surface area contributed by atoms with Crippen LogP contribution in [-0.4, -0.2) is 17.7 Å². The minimum Gasteiger partial charge on any atom is -0.476 e. The van der Waals surface area contributed by atoms with Gasteiger partial charge in [0, 0.05) is 6.07 Å². The topological polar surface area (TPSA) is 57.4 Å². The summed E-state index contributed by atoms with van der Waals surface area (Å²) in [5.41, 5.74) is 6.41. The summed E-state index contributed by atoms with van der Waals surface area (Å²) in [4.78, 5) is 4.34. The molecule has 0 spiro atoms. The summed E-state index contributed by atoms with van der Waals surface area (Å²) < 4.78 is 11.4. The molecule has 18 heavy (non-hydrogen) atoms. The van der Waals surface area contributed by atoms with Gasteiger partial charge in [0.05, 0.1) is 12.3 Å². The van der Waals surface area contributed by atoms with Crippen molar-refractivity contribution in [2.45, 2.75) is 45.6 Å². The van der Waals surface area contributed by atoms with E-state index in [4.69, 9.17) is 15.2 Å². The van der Waals surface area contributed by atoms with Crippen molar-refractivity contribution in [1.29, 1.82) is 0 Å². The van der Waals surface area contributed by atoms with Crippen LogP contribution in [0.15, 0.2) is 12.1 Å². The number of nitrogen functional groups attached to an aromatic ring is 1. The van der Waals surface area contributed by atoms with Gasteiger partial charge in [-0.3, -0.25) is 0 Å². The molecule has 0 unspecified atom stereocenters. The van der Waals surface area contributed by atoms with E-state index >= 15 is 0 Å². The van der Waals surface area contributed by atoms with E-state index < -0.39 is 0 Å². The minimum atomic E-state index is 0.305. The highest BCUT2D eigenvalue weighted by Gasteiger charge is 2.17. The number of rotatable bonds is 5. The lowest BCUT2D eigenvalue weighted by Crippen LogP contribution is -2.13. The molecule has 100 valence electrons. The van der Waals surface area contributed by atoms with Crippen molar-refractivity contribution in [3.05, 3.63) is 12.1 Å². The van der Waals surface area contributed by atoms with Crippen LogP contribution in [0, 0.1) is 5.92 Å². The van der Waals surface area contributed by atoms with Gasteiger partial charge in [0.2, 0.25) is 11.8 Å². The molecule has 0 bridgehead atoms. The fourth-order valence-corrected chi connectivity index (χ4v) is 2.04. The van der Waals surface area contributed by atoms with E-state index in [1.807, 2.05) is 6.07 Å². The van der Waals surface area contributed by atoms with Gasteiger partial charge < -0.3 is 15.2 Å². The summed E-state index contributed by atoms with van der Waals surface area (Å²) in [5, 5.41) is 0. The maximum atomic E-state index is 5.84. The standard InChI is InChI=1S/C14H22N2O2/c1-10(2)9-17-14-12(15)7-8-13(16-14)18-11-5-3-4-6-11/h7-8,10-11H,3-6,9,15H2,1-2H3. The van der Waals surface area contributed by atoms with Crippen LogP contribution in [0.5, 0.6) is 11.8 Å². The Morgan fingerprint density at radius 1 is 1.33 bits per heavy atom. The molecular weight excluding hydrogens is 228 g/mol. The summed E-state index contributed by atoms with van der Waals surface area (Å²) >= 11 is 0. The van der Waals surface area contributed by atoms with Crippen LogP contribution in [0.25, 0.3) is 0 Å². The second-order valence-electron chi connectivity index (χ2n) is 5.27. The summed E-state index contributed by atoms with van der Waals surface area (Å²) in [7, 11) is 0. The molecule has 1 fully saturated rings. The van der Waals surface area contributed by atoms with Crippen molar-refractivity contribution in [2.24, 2.45) is 5.92 Å². The minimum absolute atomic E-state index is 0.305. The van der Waals surface area contributed by atoms with Gasteiger partial charge in [-0.05, 0) is 37.7 Å². The smallest absolute Gasteiger partial charge is 0.240 e. The Bertz CT molecular complexity index is 387. The maximum Gasteiger partial charge on any atom is 0.240 e. The summed E-state index contributed by atoms with van der Waals surface area (Å²) in [6, 6.07) is 3.61. The summed E-state index contributed by atoms with van der Waals surface area (Å²) in [5.74, 6) is 1.56. The van der Waals surface area contributed by atoms with E-state index in [9.17, 15) is 0 Å². The number of nitrogens with zero attached hydrogens (tertiary/aromatic N) is 1. The predicted molar refractivity (Wildman–Crippen MR) is 71.9 cm³/mol. The molecule has 1 saturated carbocycles. The van der Waals surface area contributed by atoms with Crippen molar-refractivity contribution in [3.63, 3.8) is 0 Å². The Morgan fingerprint density at radius 3 is 2.72 bits per heavy atom. The van der Waals surface area contributed by atoms with Crippen LogP contribution in [0.4, 0.5) is 5.69 Å². The van der Waals surface area contributed by atoms with Crippen molar-refractivity contribution in [3.8, 4) is 11.8 Å². The molecule has 0 aromatic carbocycles. The SMILES string of the molecule is CC(C)COc1nc(OC2CCCC2)ccc1N. The van der Waals surface area contributed by atoms with E-state index in [1.54, 1.807) is 6.07 Å². The molecule has 0 radical (unpaired) electrons. The summed E-state index contributed by atoms with van der Waals surface area (Å²) in [6.07, 6.45) is 5.04.